The summed E-state index contributed by atoms with van der Waals surface area (Å²) in [6.07, 6.45) is 1.60. The van der Waals surface area contributed by atoms with Gasteiger partial charge in [-0.05, 0) is 20.0 Å². The standard InChI is InChI=1S/C12H21N7/c1-4-19(5-2)6-8(3)16-11-9-10(15-7-14-9)17-12(13)18-11/h7-8H,4-6H2,1-3H3,(H4,13,14,15,16,17,18). The molecule has 0 bridgehead atoms. The third kappa shape index (κ3) is 3.11. The molecule has 2 aromatic heterocycles. The van der Waals surface area contributed by atoms with Crippen LogP contribution in [0.4, 0.5) is 11.8 Å². The molecule has 7 nitrogen and oxygen atoms in total. The summed E-state index contributed by atoms with van der Waals surface area (Å²) >= 11 is 0. The number of imidazole rings is 1. The van der Waals surface area contributed by atoms with E-state index in [9.17, 15) is 0 Å². The lowest BCUT2D eigenvalue weighted by molar-refractivity contribution is 0.294. The van der Waals surface area contributed by atoms with Crippen LogP contribution >= 0.6 is 0 Å². The smallest absolute Gasteiger partial charge is 0.224 e. The number of H-pyrrole nitrogens is 1. The van der Waals surface area contributed by atoms with Gasteiger partial charge < -0.3 is 20.9 Å². The Morgan fingerprint density at radius 3 is 2.79 bits per heavy atom. The molecule has 0 fully saturated rings. The highest BCUT2D eigenvalue weighted by molar-refractivity contribution is 5.83. The molecule has 0 aliphatic rings. The highest BCUT2D eigenvalue weighted by atomic mass is 15.2. The summed E-state index contributed by atoms with van der Waals surface area (Å²) in [5.41, 5.74) is 7.07. The van der Waals surface area contributed by atoms with Crippen LogP contribution in [0.5, 0.6) is 0 Å². The van der Waals surface area contributed by atoms with E-state index < -0.39 is 0 Å². The number of rotatable bonds is 6. The molecule has 0 aliphatic heterocycles. The second-order valence-corrected chi connectivity index (χ2v) is 4.56. The third-order valence-corrected chi connectivity index (χ3v) is 3.11. The molecule has 2 heterocycles. The zero-order chi connectivity index (χ0) is 13.8. The second-order valence-electron chi connectivity index (χ2n) is 4.56. The lowest BCUT2D eigenvalue weighted by atomic mass is 10.3. The number of aromatic amines is 1. The van der Waals surface area contributed by atoms with Gasteiger partial charge in [0.25, 0.3) is 0 Å². The normalized spacial score (nSPS) is 13.1. The molecule has 2 aromatic rings. The van der Waals surface area contributed by atoms with Crippen LogP contribution in [-0.2, 0) is 0 Å². The van der Waals surface area contributed by atoms with E-state index in [2.05, 4.69) is 50.9 Å². The Morgan fingerprint density at radius 2 is 2.11 bits per heavy atom. The minimum Gasteiger partial charge on any atom is -0.368 e. The SMILES string of the molecule is CCN(CC)CC(C)Nc1nc(N)nc2nc[nH]c12. The summed E-state index contributed by atoms with van der Waals surface area (Å²) in [5, 5.41) is 3.37. The number of nitrogens with zero attached hydrogens (tertiary/aromatic N) is 4. The molecule has 0 saturated carbocycles. The van der Waals surface area contributed by atoms with Crippen LogP contribution in [0.1, 0.15) is 20.8 Å². The monoisotopic (exact) mass is 263 g/mol. The minimum atomic E-state index is 0.233. The number of fused-ring (bicyclic) bond motifs is 1. The Kier molecular flexibility index (Phi) is 4.16. The van der Waals surface area contributed by atoms with Gasteiger partial charge in [0.15, 0.2) is 11.5 Å². The van der Waals surface area contributed by atoms with Crippen molar-refractivity contribution >= 4 is 22.9 Å². The van der Waals surface area contributed by atoms with Gasteiger partial charge in [-0.2, -0.15) is 9.97 Å². The van der Waals surface area contributed by atoms with Gasteiger partial charge in [0.1, 0.15) is 5.52 Å². The van der Waals surface area contributed by atoms with Crippen molar-refractivity contribution in [1.82, 2.24) is 24.8 Å². The molecular formula is C12H21N7. The van der Waals surface area contributed by atoms with Crippen molar-refractivity contribution in [3.8, 4) is 0 Å². The van der Waals surface area contributed by atoms with E-state index in [0.717, 1.165) is 25.2 Å². The van der Waals surface area contributed by atoms with E-state index in [4.69, 9.17) is 5.73 Å². The number of hydrogen-bond acceptors (Lipinski definition) is 6. The first kappa shape index (κ1) is 13.5. The van der Waals surface area contributed by atoms with Gasteiger partial charge in [-0.25, -0.2) is 4.98 Å². The number of aromatic nitrogens is 4. The van der Waals surface area contributed by atoms with Crippen LogP contribution in [-0.4, -0.2) is 50.5 Å². The van der Waals surface area contributed by atoms with Crippen LogP contribution in [0.2, 0.25) is 0 Å². The van der Waals surface area contributed by atoms with Gasteiger partial charge >= 0.3 is 0 Å². The van der Waals surface area contributed by atoms with E-state index >= 15 is 0 Å². The maximum atomic E-state index is 5.69. The molecular weight excluding hydrogens is 242 g/mol. The fraction of sp³-hybridized carbons (Fsp3) is 0.583. The third-order valence-electron chi connectivity index (χ3n) is 3.11. The fourth-order valence-corrected chi connectivity index (χ4v) is 2.10. The van der Waals surface area contributed by atoms with Gasteiger partial charge in [-0.3, -0.25) is 0 Å². The maximum Gasteiger partial charge on any atom is 0.224 e. The highest BCUT2D eigenvalue weighted by Gasteiger charge is 2.12. The molecule has 4 N–H and O–H groups in total. The largest absolute Gasteiger partial charge is 0.368 e. The predicted octanol–water partition coefficient (Wildman–Crippen LogP) is 1.08. The lowest BCUT2D eigenvalue weighted by Gasteiger charge is -2.23. The molecule has 19 heavy (non-hydrogen) atoms. The van der Waals surface area contributed by atoms with Gasteiger partial charge in [0, 0.05) is 12.6 Å². The van der Waals surface area contributed by atoms with Crippen molar-refractivity contribution in [1.29, 1.82) is 0 Å². The topological polar surface area (TPSA) is 95.8 Å². The summed E-state index contributed by atoms with van der Waals surface area (Å²) in [6, 6.07) is 0.265. The van der Waals surface area contributed by atoms with Crippen molar-refractivity contribution in [2.24, 2.45) is 0 Å². The Balaban J connectivity index is 2.14. The van der Waals surface area contributed by atoms with Crippen molar-refractivity contribution < 1.29 is 0 Å². The van der Waals surface area contributed by atoms with Crippen molar-refractivity contribution in [2.45, 2.75) is 26.8 Å². The Hall–Kier alpha value is -1.89. The van der Waals surface area contributed by atoms with E-state index in [1.54, 1.807) is 6.33 Å². The molecule has 7 heteroatoms. The first-order chi connectivity index (χ1) is 9.13. The zero-order valence-corrected chi connectivity index (χ0v) is 11.6. The number of nitrogens with one attached hydrogen (secondary N) is 2. The highest BCUT2D eigenvalue weighted by Crippen LogP contribution is 2.18. The van der Waals surface area contributed by atoms with Crippen LogP contribution in [0, 0.1) is 0 Å². The summed E-state index contributed by atoms with van der Waals surface area (Å²) in [7, 11) is 0. The maximum absolute atomic E-state index is 5.69. The van der Waals surface area contributed by atoms with Gasteiger partial charge in [-0.15, -0.1) is 0 Å². The number of anilines is 2. The molecule has 1 atom stereocenters. The van der Waals surface area contributed by atoms with Gasteiger partial charge in [-0.1, -0.05) is 13.8 Å². The Labute approximate surface area is 112 Å². The number of nitrogens with two attached hydrogens (primary N) is 1. The van der Waals surface area contributed by atoms with Gasteiger partial charge in [0.2, 0.25) is 5.95 Å². The van der Waals surface area contributed by atoms with E-state index in [0.29, 0.717) is 11.5 Å². The molecule has 1 unspecified atom stereocenters. The zero-order valence-electron chi connectivity index (χ0n) is 11.6. The molecule has 0 amide bonds. The first-order valence-electron chi connectivity index (χ1n) is 6.59. The molecule has 0 saturated heterocycles. The summed E-state index contributed by atoms with van der Waals surface area (Å²) in [6.45, 7) is 9.46. The van der Waals surface area contributed by atoms with Crippen molar-refractivity contribution in [2.75, 3.05) is 30.7 Å². The lowest BCUT2D eigenvalue weighted by Crippen LogP contribution is -2.35. The summed E-state index contributed by atoms with van der Waals surface area (Å²) < 4.78 is 0. The molecule has 0 radical (unpaired) electrons. The molecule has 0 aromatic carbocycles. The number of likely N-dealkylation sites (N-methyl/N-ethyl adjacent to an activating group) is 1. The van der Waals surface area contributed by atoms with E-state index in [1.165, 1.54) is 0 Å². The van der Waals surface area contributed by atoms with Crippen molar-refractivity contribution in [3.05, 3.63) is 6.33 Å². The molecule has 0 aliphatic carbocycles. The Bertz CT molecular complexity index is 532. The first-order valence-corrected chi connectivity index (χ1v) is 6.59. The van der Waals surface area contributed by atoms with Crippen molar-refractivity contribution in [3.63, 3.8) is 0 Å². The van der Waals surface area contributed by atoms with Crippen LogP contribution in [0.25, 0.3) is 11.2 Å². The molecule has 0 spiro atoms. The quantitative estimate of drug-likeness (QED) is 0.721. The predicted molar refractivity (Wildman–Crippen MR) is 77.0 cm³/mol. The average molecular weight is 263 g/mol. The number of hydrogen-bond donors (Lipinski definition) is 3. The molecule has 2 rings (SSSR count). The van der Waals surface area contributed by atoms with E-state index in [1.807, 2.05) is 0 Å². The second kappa shape index (κ2) is 5.83. The summed E-state index contributed by atoms with van der Waals surface area (Å²) in [5.74, 6) is 0.941. The van der Waals surface area contributed by atoms with Crippen LogP contribution < -0.4 is 11.1 Å². The Morgan fingerprint density at radius 1 is 1.37 bits per heavy atom. The average Bonchev–Trinajstić information content (AvgIpc) is 2.84. The van der Waals surface area contributed by atoms with Gasteiger partial charge in [0.05, 0.1) is 6.33 Å². The fourth-order valence-electron chi connectivity index (χ4n) is 2.10. The van der Waals surface area contributed by atoms with Crippen LogP contribution in [0.15, 0.2) is 6.33 Å². The molecule has 104 valence electrons. The number of nitrogen functional groups attached to an aromatic ring is 1. The summed E-state index contributed by atoms with van der Waals surface area (Å²) in [4.78, 5) is 17.8. The minimum absolute atomic E-state index is 0.233. The van der Waals surface area contributed by atoms with Crippen LogP contribution in [0.3, 0.4) is 0 Å². The van der Waals surface area contributed by atoms with E-state index in [-0.39, 0.29) is 12.0 Å².